The van der Waals surface area contributed by atoms with Crippen LogP contribution in [-0.4, -0.2) is 0 Å². The van der Waals surface area contributed by atoms with Crippen molar-refractivity contribution in [3.63, 3.8) is 0 Å². The van der Waals surface area contributed by atoms with Crippen molar-refractivity contribution in [3.8, 4) is 33.4 Å². The van der Waals surface area contributed by atoms with E-state index in [1.807, 2.05) is 0 Å². The number of aryl methyl sites for hydroxylation is 2. The highest BCUT2D eigenvalue weighted by molar-refractivity contribution is 6.24. The first-order chi connectivity index (χ1) is 28.3. The third kappa shape index (κ3) is 5.38. The van der Waals surface area contributed by atoms with Crippen molar-refractivity contribution in [2.75, 3.05) is 4.90 Å². The third-order valence-corrected chi connectivity index (χ3v) is 12.7. The van der Waals surface area contributed by atoms with Gasteiger partial charge >= 0.3 is 0 Å². The van der Waals surface area contributed by atoms with E-state index in [2.05, 4.69) is 221 Å². The van der Waals surface area contributed by atoms with E-state index in [1.165, 1.54) is 116 Å². The van der Waals surface area contributed by atoms with Gasteiger partial charge in [0.05, 0.1) is 0 Å². The molecule has 276 valence electrons. The summed E-state index contributed by atoms with van der Waals surface area (Å²) in [5.41, 5.74) is 16.2. The number of benzene rings is 10. The van der Waals surface area contributed by atoms with Gasteiger partial charge in [-0.3, -0.25) is 0 Å². The van der Waals surface area contributed by atoms with Crippen molar-refractivity contribution in [3.05, 3.63) is 210 Å². The van der Waals surface area contributed by atoms with E-state index in [4.69, 9.17) is 0 Å². The first kappa shape index (κ1) is 34.3. The van der Waals surface area contributed by atoms with Crippen LogP contribution >= 0.6 is 0 Å². The van der Waals surface area contributed by atoms with Crippen LogP contribution in [0.25, 0.3) is 76.5 Å². The second-order valence-corrected chi connectivity index (χ2v) is 16.7. The molecule has 0 unspecified atom stereocenters. The van der Waals surface area contributed by atoms with Crippen LogP contribution in [0.1, 0.15) is 36.1 Å². The van der Waals surface area contributed by atoms with Crippen LogP contribution < -0.4 is 4.90 Å². The van der Waals surface area contributed by atoms with Gasteiger partial charge < -0.3 is 4.90 Å². The first-order valence-electron chi connectivity index (χ1n) is 20.4. The normalized spacial score (nSPS) is 13.0. The third-order valence-electron chi connectivity index (χ3n) is 12.7. The van der Waals surface area contributed by atoms with Gasteiger partial charge in [-0.2, -0.15) is 0 Å². The van der Waals surface area contributed by atoms with Crippen LogP contribution in [-0.2, 0) is 5.41 Å². The fourth-order valence-electron chi connectivity index (χ4n) is 9.80. The van der Waals surface area contributed by atoms with E-state index >= 15 is 0 Å². The number of anilines is 3. The number of hydrogen-bond acceptors (Lipinski definition) is 1. The molecule has 0 heterocycles. The molecule has 0 amide bonds. The van der Waals surface area contributed by atoms with Gasteiger partial charge in [0.15, 0.2) is 0 Å². The molecule has 0 aliphatic heterocycles. The van der Waals surface area contributed by atoms with E-state index in [1.54, 1.807) is 0 Å². The zero-order valence-corrected chi connectivity index (χ0v) is 33.3. The average molecular weight is 742 g/mol. The molecular formula is C57H43N. The van der Waals surface area contributed by atoms with Gasteiger partial charge in [0.1, 0.15) is 0 Å². The summed E-state index contributed by atoms with van der Waals surface area (Å²) in [6.07, 6.45) is 0. The highest BCUT2D eigenvalue weighted by atomic mass is 15.1. The Balaban J connectivity index is 1.06. The van der Waals surface area contributed by atoms with Crippen LogP contribution in [0.15, 0.2) is 188 Å². The summed E-state index contributed by atoms with van der Waals surface area (Å²) in [7, 11) is 0. The fourth-order valence-corrected chi connectivity index (χ4v) is 9.80. The molecular weight excluding hydrogens is 699 g/mol. The summed E-state index contributed by atoms with van der Waals surface area (Å²) in [5.74, 6) is 0. The van der Waals surface area contributed by atoms with Gasteiger partial charge in [-0.15, -0.1) is 0 Å². The van der Waals surface area contributed by atoms with Gasteiger partial charge in [0.25, 0.3) is 0 Å². The molecule has 10 aromatic rings. The summed E-state index contributed by atoms with van der Waals surface area (Å²) in [6, 6.07) is 70.3. The van der Waals surface area contributed by atoms with Crippen LogP contribution in [0, 0.1) is 13.8 Å². The quantitative estimate of drug-likeness (QED) is 0.159. The Morgan fingerprint density at radius 1 is 0.328 bits per heavy atom. The van der Waals surface area contributed by atoms with Gasteiger partial charge in [0.2, 0.25) is 0 Å². The lowest BCUT2D eigenvalue weighted by Gasteiger charge is -2.28. The lowest BCUT2D eigenvalue weighted by Crippen LogP contribution is -2.16. The Morgan fingerprint density at radius 3 is 1.41 bits per heavy atom. The van der Waals surface area contributed by atoms with Crippen LogP contribution in [0.4, 0.5) is 17.1 Å². The van der Waals surface area contributed by atoms with E-state index in [0.29, 0.717) is 0 Å². The zero-order chi connectivity index (χ0) is 39.1. The Morgan fingerprint density at radius 2 is 0.810 bits per heavy atom. The van der Waals surface area contributed by atoms with Crippen LogP contribution in [0.5, 0.6) is 0 Å². The molecule has 0 N–H and O–H groups in total. The van der Waals surface area contributed by atoms with Crippen LogP contribution in [0.3, 0.4) is 0 Å². The fraction of sp³-hybridized carbons (Fsp3) is 0.0877. The maximum absolute atomic E-state index is 2.48. The predicted molar refractivity (Wildman–Crippen MR) is 249 cm³/mol. The second-order valence-electron chi connectivity index (χ2n) is 16.7. The molecule has 0 radical (unpaired) electrons. The maximum atomic E-state index is 2.48. The van der Waals surface area contributed by atoms with Gasteiger partial charge in [0, 0.05) is 22.5 Å². The molecule has 1 nitrogen and oxygen atoms in total. The topological polar surface area (TPSA) is 3.24 Å². The average Bonchev–Trinajstić information content (AvgIpc) is 3.47. The molecule has 1 aliphatic carbocycles. The molecule has 58 heavy (non-hydrogen) atoms. The molecule has 10 aromatic carbocycles. The lowest BCUT2D eigenvalue weighted by molar-refractivity contribution is 0.660. The lowest BCUT2D eigenvalue weighted by atomic mass is 9.81. The smallest absolute Gasteiger partial charge is 0.0465 e. The number of hydrogen-bond donors (Lipinski definition) is 0. The Hall–Kier alpha value is -6.96. The van der Waals surface area contributed by atoms with Crippen molar-refractivity contribution in [1.82, 2.24) is 0 Å². The van der Waals surface area contributed by atoms with E-state index in [9.17, 15) is 0 Å². The molecule has 0 aromatic heterocycles. The Bertz CT molecular complexity index is 3250. The highest BCUT2D eigenvalue weighted by Crippen LogP contribution is 2.52. The summed E-state index contributed by atoms with van der Waals surface area (Å²) in [6.45, 7) is 9.13. The Kier molecular flexibility index (Phi) is 7.72. The van der Waals surface area contributed by atoms with Crippen molar-refractivity contribution in [2.24, 2.45) is 0 Å². The molecule has 0 spiro atoms. The predicted octanol–water partition coefficient (Wildman–Crippen LogP) is 16.0. The number of fused-ring (bicyclic) bond motifs is 9. The second kappa shape index (κ2) is 13.0. The molecule has 0 fully saturated rings. The highest BCUT2D eigenvalue weighted by Gasteiger charge is 2.36. The standard InChI is InChI=1S/C57H43N/c1-36-13-11-17-42(29-36)58(43-18-12-14-37(2)30-43)44-26-28-50-49-27-25-41(32-55(49)57(3,4)56(50)33-44)52-35-54-47-21-9-7-19-45(47)51(34-53(54)48-22-10-8-20-46(48)52)40-24-23-38-15-5-6-16-39(38)31-40/h5-35H,1-4H3. The van der Waals surface area contributed by atoms with Gasteiger partial charge in [-0.1, -0.05) is 141 Å². The number of rotatable bonds is 5. The zero-order valence-electron chi connectivity index (χ0n) is 33.3. The minimum atomic E-state index is -0.199. The van der Waals surface area contributed by atoms with Gasteiger partial charge in [-0.25, -0.2) is 0 Å². The van der Waals surface area contributed by atoms with Crippen molar-refractivity contribution >= 4 is 60.2 Å². The van der Waals surface area contributed by atoms with Crippen molar-refractivity contribution in [1.29, 1.82) is 0 Å². The molecule has 0 atom stereocenters. The molecule has 0 saturated carbocycles. The van der Waals surface area contributed by atoms with E-state index < -0.39 is 0 Å². The largest absolute Gasteiger partial charge is 0.310 e. The van der Waals surface area contributed by atoms with Crippen LogP contribution in [0.2, 0.25) is 0 Å². The molecule has 11 rings (SSSR count). The molecule has 0 bridgehead atoms. The first-order valence-corrected chi connectivity index (χ1v) is 20.4. The molecule has 0 saturated heterocycles. The molecule has 1 aliphatic rings. The Labute approximate surface area is 340 Å². The summed E-state index contributed by atoms with van der Waals surface area (Å²) < 4.78 is 0. The summed E-state index contributed by atoms with van der Waals surface area (Å²) in [4.78, 5) is 2.40. The van der Waals surface area contributed by atoms with E-state index in [0.717, 1.165) is 0 Å². The molecule has 1 heteroatoms. The van der Waals surface area contributed by atoms with E-state index in [-0.39, 0.29) is 5.41 Å². The monoisotopic (exact) mass is 741 g/mol. The SMILES string of the molecule is Cc1cccc(N(c2cccc(C)c2)c2ccc3c(c2)C(C)(C)c2cc(-c4cc5c6ccccc6c(-c6ccc7ccccc7c6)cc5c5ccccc45)ccc2-3)c1. The maximum Gasteiger partial charge on any atom is 0.0465 e. The van der Waals surface area contributed by atoms with Crippen molar-refractivity contribution < 1.29 is 0 Å². The number of nitrogens with zero attached hydrogens (tertiary/aromatic N) is 1. The van der Waals surface area contributed by atoms with Crippen molar-refractivity contribution in [2.45, 2.75) is 33.1 Å². The minimum Gasteiger partial charge on any atom is -0.310 e. The van der Waals surface area contributed by atoms with Gasteiger partial charge in [-0.05, 0) is 173 Å². The summed E-state index contributed by atoms with van der Waals surface area (Å²) in [5, 5.41) is 10.2. The summed E-state index contributed by atoms with van der Waals surface area (Å²) >= 11 is 0. The minimum absolute atomic E-state index is 0.199.